The number of hydrogen-bond acceptors (Lipinski definition) is 3. The number of amides is 2. The van der Waals surface area contributed by atoms with E-state index < -0.39 is 0 Å². The fraction of sp³-hybridized carbons (Fsp3) is 0.391. The van der Waals surface area contributed by atoms with Crippen molar-refractivity contribution in [3.63, 3.8) is 0 Å². The Morgan fingerprint density at radius 1 is 0.893 bits per heavy atom. The molecule has 2 fully saturated rings. The van der Waals surface area contributed by atoms with E-state index >= 15 is 0 Å². The van der Waals surface area contributed by atoms with Crippen LogP contribution in [0.4, 0.5) is 11.4 Å². The van der Waals surface area contributed by atoms with E-state index in [1.165, 1.54) is 11.3 Å². The molecule has 0 bridgehead atoms. The zero-order valence-electron chi connectivity index (χ0n) is 16.6. The van der Waals surface area contributed by atoms with Gasteiger partial charge in [-0.05, 0) is 49.2 Å². The van der Waals surface area contributed by atoms with Gasteiger partial charge in [-0.1, -0.05) is 24.3 Å². The summed E-state index contributed by atoms with van der Waals surface area (Å²) in [6, 6.07) is 16.4. The molecule has 0 radical (unpaired) electrons. The highest BCUT2D eigenvalue weighted by atomic mass is 16.2. The SMILES string of the molecule is Cc1ccc(N2C[C@@H](C(=O)N3CCN(c4ccccc4)CC3)CC2=O)cc1C. The minimum Gasteiger partial charge on any atom is -0.368 e. The first kappa shape index (κ1) is 18.5. The zero-order valence-corrected chi connectivity index (χ0v) is 16.6. The quantitative estimate of drug-likeness (QED) is 0.826. The summed E-state index contributed by atoms with van der Waals surface area (Å²) < 4.78 is 0. The van der Waals surface area contributed by atoms with Crippen LogP contribution in [0.2, 0.25) is 0 Å². The van der Waals surface area contributed by atoms with Gasteiger partial charge in [-0.15, -0.1) is 0 Å². The lowest BCUT2D eigenvalue weighted by atomic mass is 10.1. The first-order valence-electron chi connectivity index (χ1n) is 9.99. The number of anilines is 2. The number of nitrogens with zero attached hydrogens (tertiary/aromatic N) is 3. The first-order chi connectivity index (χ1) is 13.5. The van der Waals surface area contributed by atoms with Crippen molar-refractivity contribution in [2.24, 2.45) is 5.92 Å². The molecule has 4 rings (SSSR count). The molecular weight excluding hydrogens is 350 g/mol. The van der Waals surface area contributed by atoms with Crippen molar-refractivity contribution in [3.05, 3.63) is 59.7 Å². The average Bonchev–Trinajstić information content (AvgIpc) is 3.12. The van der Waals surface area contributed by atoms with Crippen molar-refractivity contribution >= 4 is 23.2 Å². The molecule has 146 valence electrons. The van der Waals surface area contributed by atoms with Crippen LogP contribution < -0.4 is 9.80 Å². The Labute approximate surface area is 166 Å². The number of piperazine rings is 1. The van der Waals surface area contributed by atoms with Crippen LogP contribution in [0.1, 0.15) is 17.5 Å². The maximum absolute atomic E-state index is 13.0. The molecule has 2 saturated heterocycles. The van der Waals surface area contributed by atoms with E-state index in [9.17, 15) is 9.59 Å². The van der Waals surface area contributed by atoms with E-state index in [0.29, 0.717) is 26.1 Å². The van der Waals surface area contributed by atoms with Gasteiger partial charge in [0.1, 0.15) is 0 Å². The highest BCUT2D eigenvalue weighted by Gasteiger charge is 2.38. The fourth-order valence-electron chi connectivity index (χ4n) is 4.10. The van der Waals surface area contributed by atoms with Gasteiger partial charge in [-0.25, -0.2) is 0 Å². The highest BCUT2D eigenvalue weighted by Crippen LogP contribution is 2.28. The molecule has 5 heteroatoms. The van der Waals surface area contributed by atoms with Gasteiger partial charge in [0.05, 0.1) is 5.92 Å². The number of benzene rings is 2. The van der Waals surface area contributed by atoms with Crippen molar-refractivity contribution in [2.45, 2.75) is 20.3 Å². The highest BCUT2D eigenvalue weighted by molar-refractivity contribution is 6.00. The summed E-state index contributed by atoms with van der Waals surface area (Å²) in [7, 11) is 0. The van der Waals surface area contributed by atoms with Crippen LogP contribution in [0.3, 0.4) is 0 Å². The Bertz CT molecular complexity index is 873. The van der Waals surface area contributed by atoms with Crippen LogP contribution >= 0.6 is 0 Å². The Morgan fingerprint density at radius 2 is 1.61 bits per heavy atom. The van der Waals surface area contributed by atoms with Gasteiger partial charge >= 0.3 is 0 Å². The summed E-state index contributed by atoms with van der Waals surface area (Å²) in [6.07, 6.45) is 0.310. The van der Waals surface area contributed by atoms with Crippen LogP contribution in [-0.4, -0.2) is 49.4 Å². The van der Waals surface area contributed by atoms with E-state index in [1.807, 2.05) is 48.2 Å². The predicted octanol–water partition coefficient (Wildman–Crippen LogP) is 3.01. The molecule has 0 aromatic heterocycles. The van der Waals surface area contributed by atoms with E-state index in [-0.39, 0.29) is 17.7 Å². The monoisotopic (exact) mass is 377 g/mol. The van der Waals surface area contributed by atoms with Crippen molar-refractivity contribution in [1.29, 1.82) is 0 Å². The number of hydrogen-bond donors (Lipinski definition) is 0. The molecule has 28 heavy (non-hydrogen) atoms. The Hall–Kier alpha value is -2.82. The Kier molecular flexibility index (Phi) is 5.07. The van der Waals surface area contributed by atoms with Gasteiger partial charge in [0, 0.05) is 50.5 Å². The summed E-state index contributed by atoms with van der Waals surface area (Å²) in [5.41, 5.74) is 4.47. The maximum atomic E-state index is 13.0. The number of aryl methyl sites for hydroxylation is 2. The van der Waals surface area contributed by atoms with Gasteiger partial charge in [-0.2, -0.15) is 0 Å². The van der Waals surface area contributed by atoms with Crippen molar-refractivity contribution < 1.29 is 9.59 Å². The zero-order chi connectivity index (χ0) is 19.7. The van der Waals surface area contributed by atoms with Gasteiger partial charge in [-0.3, -0.25) is 9.59 Å². The molecule has 0 unspecified atom stereocenters. The van der Waals surface area contributed by atoms with Crippen LogP contribution in [-0.2, 0) is 9.59 Å². The molecular formula is C23H27N3O2. The van der Waals surface area contributed by atoms with Crippen LogP contribution in [0.5, 0.6) is 0 Å². The summed E-state index contributed by atoms with van der Waals surface area (Å²) in [5, 5.41) is 0. The van der Waals surface area contributed by atoms with Crippen LogP contribution in [0.15, 0.2) is 48.5 Å². The smallest absolute Gasteiger partial charge is 0.228 e. The molecule has 2 amide bonds. The van der Waals surface area contributed by atoms with Crippen molar-refractivity contribution in [3.8, 4) is 0 Å². The molecule has 2 aromatic rings. The number of carbonyl (C=O) groups excluding carboxylic acids is 2. The second kappa shape index (κ2) is 7.66. The molecule has 0 saturated carbocycles. The summed E-state index contributed by atoms with van der Waals surface area (Å²) in [6.45, 7) is 7.68. The molecule has 5 nitrogen and oxygen atoms in total. The summed E-state index contributed by atoms with van der Waals surface area (Å²) in [4.78, 5) is 31.6. The van der Waals surface area contributed by atoms with E-state index in [2.05, 4.69) is 24.0 Å². The predicted molar refractivity (Wildman–Crippen MR) is 112 cm³/mol. The molecule has 2 aromatic carbocycles. The molecule has 2 aliphatic rings. The first-order valence-corrected chi connectivity index (χ1v) is 9.99. The van der Waals surface area contributed by atoms with E-state index in [1.54, 1.807) is 4.90 Å². The van der Waals surface area contributed by atoms with Crippen molar-refractivity contribution in [2.75, 3.05) is 42.5 Å². The topological polar surface area (TPSA) is 43.9 Å². The lowest BCUT2D eigenvalue weighted by molar-refractivity contribution is -0.136. The molecule has 1 atom stereocenters. The molecule has 2 heterocycles. The summed E-state index contributed by atoms with van der Waals surface area (Å²) in [5.74, 6) is -0.0747. The van der Waals surface area contributed by atoms with Gasteiger partial charge in [0.25, 0.3) is 0 Å². The Balaban J connectivity index is 1.38. The molecule has 2 aliphatic heterocycles. The van der Waals surface area contributed by atoms with Crippen LogP contribution in [0.25, 0.3) is 0 Å². The largest absolute Gasteiger partial charge is 0.368 e. The standard InChI is InChI=1S/C23H27N3O2/c1-17-8-9-21(14-18(17)2)26-16-19(15-22(26)27)23(28)25-12-10-24(11-13-25)20-6-4-3-5-7-20/h3-9,14,19H,10-13,15-16H2,1-2H3/t19-/m0/s1. The van der Waals surface area contributed by atoms with Crippen LogP contribution in [0, 0.1) is 19.8 Å². The lowest BCUT2D eigenvalue weighted by Gasteiger charge is -2.37. The molecule has 0 N–H and O–H groups in total. The third-order valence-corrected chi connectivity index (χ3v) is 5.99. The average molecular weight is 377 g/mol. The molecule has 0 aliphatic carbocycles. The minimum atomic E-state index is -0.239. The number of para-hydroxylation sites is 1. The van der Waals surface area contributed by atoms with Gasteiger partial charge in [0.2, 0.25) is 11.8 Å². The second-order valence-electron chi connectivity index (χ2n) is 7.82. The number of carbonyl (C=O) groups is 2. The van der Waals surface area contributed by atoms with Gasteiger partial charge < -0.3 is 14.7 Å². The van der Waals surface area contributed by atoms with Gasteiger partial charge in [0.15, 0.2) is 0 Å². The normalized spacial score (nSPS) is 20.0. The third kappa shape index (κ3) is 3.61. The fourth-order valence-corrected chi connectivity index (χ4v) is 4.10. The van der Waals surface area contributed by atoms with Crippen molar-refractivity contribution in [1.82, 2.24) is 4.90 Å². The Morgan fingerprint density at radius 3 is 2.29 bits per heavy atom. The van der Waals surface area contributed by atoms with E-state index in [4.69, 9.17) is 0 Å². The molecule has 0 spiro atoms. The maximum Gasteiger partial charge on any atom is 0.228 e. The third-order valence-electron chi connectivity index (χ3n) is 5.99. The summed E-state index contributed by atoms with van der Waals surface area (Å²) >= 11 is 0. The number of rotatable bonds is 3. The minimum absolute atomic E-state index is 0.0459. The van der Waals surface area contributed by atoms with E-state index in [0.717, 1.165) is 24.3 Å². The second-order valence-corrected chi connectivity index (χ2v) is 7.82. The lowest BCUT2D eigenvalue weighted by Crippen LogP contribution is -2.50.